The molecule has 0 bridgehead atoms. The Bertz CT molecular complexity index is 749. The highest BCUT2D eigenvalue weighted by molar-refractivity contribution is 9.10. The number of pyridine rings is 1. The number of carbonyl (C=O) groups is 1. The van der Waals surface area contributed by atoms with Gasteiger partial charge in [0.1, 0.15) is 13.2 Å². The standard InChI is InChI=1S/C18H19BrN2O3/c1-11(2)17(21-18(22)13-7-14(19)10-20-9-13)12-3-4-15-16(8-12)24-6-5-23-15/h3-4,7-11,17H,5-6H2,1-2H3,(H,21,22)/t17-/m0/s1. The van der Waals surface area contributed by atoms with Gasteiger partial charge in [-0.3, -0.25) is 9.78 Å². The number of aromatic nitrogens is 1. The van der Waals surface area contributed by atoms with Crippen LogP contribution in [0.1, 0.15) is 35.8 Å². The van der Waals surface area contributed by atoms with E-state index in [1.54, 1.807) is 18.5 Å². The topological polar surface area (TPSA) is 60.5 Å². The molecule has 126 valence electrons. The molecule has 6 heteroatoms. The Morgan fingerprint density at radius 3 is 2.62 bits per heavy atom. The molecule has 0 radical (unpaired) electrons. The van der Waals surface area contributed by atoms with Crippen LogP contribution in [-0.4, -0.2) is 24.1 Å². The van der Waals surface area contributed by atoms with Crippen molar-refractivity contribution in [2.45, 2.75) is 19.9 Å². The molecule has 2 aromatic rings. The van der Waals surface area contributed by atoms with Crippen molar-refractivity contribution in [3.8, 4) is 11.5 Å². The van der Waals surface area contributed by atoms with E-state index < -0.39 is 0 Å². The molecule has 24 heavy (non-hydrogen) atoms. The molecule has 0 aliphatic carbocycles. The molecule has 0 saturated carbocycles. The van der Waals surface area contributed by atoms with E-state index in [1.807, 2.05) is 18.2 Å². The van der Waals surface area contributed by atoms with Crippen molar-refractivity contribution in [1.82, 2.24) is 10.3 Å². The smallest absolute Gasteiger partial charge is 0.253 e. The number of hydrogen-bond donors (Lipinski definition) is 1. The Kier molecular flexibility index (Phi) is 5.04. The maximum Gasteiger partial charge on any atom is 0.253 e. The van der Waals surface area contributed by atoms with Crippen molar-refractivity contribution >= 4 is 21.8 Å². The van der Waals surface area contributed by atoms with Gasteiger partial charge in [-0.25, -0.2) is 0 Å². The van der Waals surface area contributed by atoms with E-state index in [2.05, 4.69) is 40.1 Å². The average Bonchev–Trinajstić information content (AvgIpc) is 2.58. The van der Waals surface area contributed by atoms with Gasteiger partial charge in [-0.2, -0.15) is 0 Å². The van der Waals surface area contributed by atoms with E-state index >= 15 is 0 Å². The molecule has 1 aromatic heterocycles. The molecule has 1 aliphatic heterocycles. The van der Waals surface area contributed by atoms with Crippen LogP contribution in [0.4, 0.5) is 0 Å². The van der Waals surface area contributed by atoms with Crippen LogP contribution in [0.5, 0.6) is 11.5 Å². The lowest BCUT2D eigenvalue weighted by molar-refractivity contribution is 0.0925. The zero-order valence-electron chi connectivity index (χ0n) is 13.6. The van der Waals surface area contributed by atoms with E-state index in [0.717, 1.165) is 21.5 Å². The summed E-state index contributed by atoms with van der Waals surface area (Å²) in [6.45, 7) is 5.24. The zero-order valence-corrected chi connectivity index (χ0v) is 15.2. The highest BCUT2D eigenvalue weighted by Gasteiger charge is 2.22. The van der Waals surface area contributed by atoms with Crippen LogP contribution < -0.4 is 14.8 Å². The van der Waals surface area contributed by atoms with Gasteiger partial charge >= 0.3 is 0 Å². The SMILES string of the molecule is CC(C)[C@H](NC(=O)c1cncc(Br)c1)c1ccc2c(c1)OCCO2. The average molecular weight is 391 g/mol. The molecular weight excluding hydrogens is 372 g/mol. The summed E-state index contributed by atoms with van der Waals surface area (Å²) >= 11 is 3.34. The summed E-state index contributed by atoms with van der Waals surface area (Å²) in [5.41, 5.74) is 1.51. The third kappa shape index (κ3) is 3.70. The van der Waals surface area contributed by atoms with Gasteiger partial charge in [-0.15, -0.1) is 0 Å². The number of rotatable bonds is 4. The molecule has 5 nitrogen and oxygen atoms in total. The quantitative estimate of drug-likeness (QED) is 0.863. The maximum absolute atomic E-state index is 12.5. The van der Waals surface area contributed by atoms with Crippen molar-refractivity contribution in [2.75, 3.05) is 13.2 Å². The maximum atomic E-state index is 12.5. The van der Waals surface area contributed by atoms with Gasteiger partial charge in [-0.05, 0) is 45.6 Å². The number of nitrogens with zero attached hydrogens (tertiary/aromatic N) is 1. The largest absolute Gasteiger partial charge is 0.486 e. The van der Waals surface area contributed by atoms with Crippen molar-refractivity contribution < 1.29 is 14.3 Å². The molecule has 0 unspecified atom stereocenters. The minimum absolute atomic E-state index is 0.132. The number of fused-ring (bicyclic) bond motifs is 1. The molecule has 1 aliphatic rings. The van der Waals surface area contributed by atoms with Gasteiger partial charge < -0.3 is 14.8 Å². The summed E-state index contributed by atoms with van der Waals surface area (Å²) in [4.78, 5) is 16.6. The summed E-state index contributed by atoms with van der Waals surface area (Å²) in [6, 6.07) is 7.43. The van der Waals surface area contributed by atoms with Gasteiger partial charge in [0.05, 0.1) is 11.6 Å². The lowest BCUT2D eigenvalue weighted by atomic mass is 9.95. The molecule has 1 N–H and O–H groups in total. The minimum Gasteiger partial charge on any atom is -0.486 e. The van der Waals surface area contributed by atoms with Gasteiger partial charge in [0.25, 0.3) is 5.91 Å². The predicted molar refractivity (Wildman–Crippen MR) is 94.4 cm³/mol. The zero-order chi connectivity index (χ0) is 17.1. The molecule has 1 amide bonds. The Morgan fingerprint density at radius 1 is 1.17 bits per heavy atom. The Labute approximate surface area is 149 Å². The Hall–Kier alpha value is -2.08. The summed E-state index contributed by atoms with van der Waals surface area (Å²) in [5.74, 6) is 1.53. The number of benzene rings is 1. The van der Waals surface area contributed by atoms with Gasteiger partial charge in [0.15, 0.2) is 11.5 Å². The molecule has 0 spiro atoms. The first kappa shape index (κ1) is 16.8. The predicted octanol–water partition coefficient (Wildman–Crippen LogP) is 3.74. The molecule has 1 atom stereocenters. The second-order valence-corrected chi connectivity index (χ2v) is 6.91. The summed E-state index contributed by atoms with van der Waals surface area (Å²) in [7, 11) is 0. The number of hydrogen-bond acceptors (Lipinski definition) is 4. The number of carbonyl (C=O) groups excluding carboxylic acids is 1. The first-order chi connectivity index (χ1) is 11.5. The molecular formula is C18H19BrN2O3. The van der Waals surface area contributed by atoms with Crippen molar-refractivity contribution in [2.24, 2.45) is 5.92 Å². The third-order valence-corrected chi connectivity index (χ3v) is 4.28. The summed E-state index contributed by atoms with van der Waals surface area (Å²) < 4.78 is 12.0. The van der Waals surface area contributed by atoms with Crippen molar-refractivity contribution in [3.05, 3.63) is 52.3 Å². The second kappa shape index (κ2) is 7.21. The first-order valence-corrected chi connectivity index (χ1v) is 8.65. The van der Waals surface area contributed by atoms with Crippen molar-refractivity contribution in [3.63, 3.8) is 0 Å². The van der Waals surface area contributed by atoms with Crippen LogP contribution in [0.3, 0.4) is 0 Å². The fourth-order valence-corrected chi connectivity index (χ4v) is 3.01. The lowest BCUT2D eigenvalue weighted by Crippen LogP contribution is -2.32. The monoisotopic (exact) mass is 390 g/mol. The number of nitrogens with one attached hydrogen (secondary N) is 1. The number of amides is 1. The van der Waals surface area contributed by atoms with E-state index in [9.17, 15) is 4.79 Å². The van der Waals surface area contributed by atoms with Crippen molar-refractivity contribution in [1.29, 1.82) is 0 Å². The van der Waals surface area contributed by atoms with Gasteiger partial charge in [0, 0.05) is 16.9 Å². The fraction of sp³-hybridized carbons (Fsp3) is 0.333. The van der Waals surface area contributed by atoms with Crippen LogP contribution in [-0.2, 0) is 0 Å². The highest BCUT2D eigenvalue weighted by Crippen LogP contribution is 2.34. The Balaban J connectivity index is 1.83. The van der Waals surface area contributed by atoms with Crippen LogP contribution in [0, 0.1) is 5.92 Å². The van der Waals surface area contributed by atoms with E-state index in [1.165, 1.54) is 0 Å². The molecule has 3 rings (SSSR count). The summed E-state index contributed by atoms with van der Waals surface area (Å²) in [6.07, 6.45) is 3.21. The van der Waals surface area contributed by atoms with Crippen LogP contribution >= 0.6 is 15.9 Å². The van der Waals surface area contributed by atoms with Crippen LogP contribution in [0.2, 0.25) is 0 Å². The Morgan fingerprint density at radius 2 is 1.92 bits per heavy atom. The molecule has 2 heterocycles. The van der Waals surface area contributed by atoms with E-state index in [-0.39, 0.29) is 17.9 Å². The number of ether oxygens (including phenoxy) is 2. The first-order valence-electron chi connectivity index (χ1n) is 7.85. The highest BCUT2D eigenvalue weighted by atomic mass is 79.9. The number of halogens is 1. The molecule has 1 aromatic carbocycles. The normalized spacial score (nSPS) is 14.3. The van der Waals surface area contributed by atoms with E-state index in [4.69, 9.17) is 9.47 Å². The molecule has 0 saturated heterocycles. The second-order valence-electron chi connectivity index (χ2n) is 5.99. The van der Waals surface area contributed by atoms with Crippen LogP contribution in [0.25, 0.3) is 0 Å². The van der Waals surface area contributed by atoms with E-state index in [0.29, 0.717) is 18.8 Å². The minimum atomic E-state index is -0.155. The lowest BCUT2D eigenvalue weighted by Gasteiger charge is -2.25. The van der Waals surface area contributed by atoms with Gasteiger partial charge in [-0.1, -0.05) is 19.9 Å². The molecule has 0 fully saturated rings. The summed E-state index contributed by atoms with van der Waals surface area (Å²) in [5, 5.41) is 3.09. The van der Waals surface area contributed by atoms with Crippen LogP contribution in [0.15, 0.2) is 41.1 Å². The third-order valence-electron chi connectivity index (χ3n) is 3.85. The fourth-order valence-electron chi connectivity index (χ4n) is 2.65. The van der Waals surface area contributed by atoms with Gasteiger partial charge in [0.2, 0.25) is 0 Å².